The first-order valence-electron chi connectivity index (χ1n) is 7.82. The number of amides is 1. The second-order valence-corrected chi connectivity index (χ2v) is 6.14. The van der Waals surface area contributed by atoms with E-state index in [0.29, 0.717) is 24.6 Å². The van der Waals surface area contributed by atoms with Gasteiger partial charge in [0.2, 0.25) is 5.91 Å². The lowest BCUT2D eigenvalue weighted by molar-refractivity contribution is -0.123. The molecule has 2 fully saturated rings. The first-order valence-corrected chi connectivity index (χ1v) is 7.82. The van der Waals surface area contributed by atoms with E-state index in [4.69, 9.17) is 4.74 Å². The second-order valence-electron chi connectivity index (χ2n) is 6.14. The van der Waals surface area contributed by atoms with Crippen molar-refractivity contribution >= 4 is 5.91 Å². The third-order valence-corrected chi connectivity index (χ3v) is 4.38. The maximum absolute atomic E-state index is 12.0. The molecule has 0 bridgehead atoms. The van der Waals surface area contributed by atoms with Gasteiger partial charge in [0.15, 0.2) is 0 Å². The van der Waals surface area contributed by atoms with Gasteiger partial charge in [0, 0.05) is 31.2 Å². The van der Waals surface area contributed by atoms with Crippen molar-refractivity contribution in [3.63, 3.8) is 0 Å². The molecule has 0 aliphatic carbocycles. The normalized spacial score (nSPS) is 35.9. The van der Waals surface area contributed by atoms with Gasteiger partial charge in [-0.25, -0.2) is 0 Å². The number of ether oxygens (including phenoxy) is 1. The third kappa shape index (κ3) is 4.77. The minimum Gasteiger partial charge on any atom is -0.378 e. The molecule has 2 rings (SSSR count). The van der Waals surface area contributed by atoms with Gasteiger partial charge >= 0.3 is 0 Å². The van der Waals surface area contributed by atoms with Gasteiger partial charge in [0.25, 0.3) is 0 Å². The van der Waals surface area contributed by atoms with Gasteiger partial charge in [-0.15, -0.1) is 0 Å². The summed E-state index contributed by atoms with van der Waals surface area (Å²) in [6.45, 7) is 5.23. The molecule has 4 heteroatoms. The van der Waals surface area contributed by atoms with Gasteiger partial charge in [0.1, 0.15) is 0 Å². The quantitative estimate of drug-likeness (QED) is 0.819. The minimum absolute atomic E-state index is 0.183. The fourth-order valence-corrected chi connectivity index (χ4v) is 3.13. The molecule has 0 aromatic heterocycles. The zero-order valence-corrected chi connectivity index (χ0v) is 12.3. The fourth-order valence-electron chi connectivity index (χ4n) is 3.13. The van der Waals surface area contributed by atoms with Crippen LogP contribution in [-0.2, 0) is 9.53 Å². The number of piperidine rings is 1. The molecule has 0 saturated carbocycles. The lowest BCUT2D eigenvalue weighted by atomic mass is 9.95. The SMILES string of the molecule is CC1CCC(NC(=O)CCC2CCCCO2)C(C)N1. The number of hydrogen-bond donors (Lipinski definition) is 2. The highest BCUT2D eigenvalue weighted by Crippen LogP contribution is 2.17. The van der Waals surface area contributed by atoms with Crippen molar-refractivity contribution < 1.29 is 9.53 Å². The van der Waals surface area contributed by atoms with Gasteiger partial charge in [-0.1, -0.05) is 0 Å². The fraction of sp³-hybridized carbons (Fsp3) is 0.933. The molecule has 2 heterocycles. The Morgan fingerprint density at radius 1 is 1.26 bits per heavy atom. The van der Waals surface area contributed by atoms with Crippen LogP contribution in [0, 0.1) is 0 Å². The van der Waals surface area contributed by atoms with Crippen LogP contribution in [0.15, 0.2) is 0 Å². The molecule has 2 saturated heterocycles. The number of carbonyl (C=O) groups excluding carboxylic acids is 1. The molecular weight excluding hydrogens is 240 g/mol. The Bertz CT molecular complexity index is 290. The van der Waals surface area contributed by atoms with Gasteiger partial charge in [-0.05, 0) is 52.4 Å². The summed E-state index contributed by atoms with van der Waals surface area (Å²) in [5, 5.41) is 6.67. The molecule has 110 valence electrons. The number of hydrogen-bond acceptors (Lipinski definition) is 3. The number of carbonyl (C=O) groups is 1. The summed E-state index contributed by atoms with van der Waals surface area (Å²) >= 11 is 0. The van der Waals surface area contributed by atoms with Crippen molar-refractivity contribution in [1.82, 2.24) is 10.6 Å². The zero-order chi connectivity index (χ0) is 13.7. The van der Waals surface area contributed by atoms with Gasteiger partial charge in [-0.3, -0.25) is 4.79 Å². The third-order valence-electron chi connectivity index (χ3n) is 4.38. The Morgan fingerprint density at radius 3 is 2.79 bits per heavy atom. The Morgan fingerprint density at radius 2 is 2.11 bits per heavy atom. The molecule has 19 heavy (non-hydrogen) atoms. The van der Waals surface area contributed by atoms with E-state index in [0.717, 1.165) is 32.3 Å². The molecule has 4 unspecified atom stereocenters. The monoisotopic (exact) mass is 268 g/mol. The molecular formula is C15H28N2O2. The van der Waals surface area contributed by atoms with Crippen molar-refractivity contribution in [3.05, 3.63) is 0 Å². The van der Waals surface area contributed by atoms with Gasteiger partial charge in [-0.2, -0.15) is 0 Å². The van der Waals surface area contributed by atoms with Crippen LogP contribution in [0.25, 0.3) is 0 Å². The van der Waals surface area contributed by atoms with E-state index in [-0.39, 0.29) is 11.9 Å². The first-order chi connectivity index (χ1) is 9.15. The lowest BCUT2D eigenvalue weighted by Gasteiger charge is -2.34. The Balaban J connectivity index is 1.66. The molecule has 1 amide bonds. The Labute approximate surface area is 116 Å². The summed E-state index contributed by atoms with van der Waals surface area (Å²) in [6.07, 6.45) is 7.54. The molecule has 2 aliphatic rings. The van der Waals surface area contributed by atoms with Crippen LogP contribution in [0.5, 0.6) is 0 Å². The maximum Gasteiger partial charge on any atom is 0.220 e. The maximum atomic E-state index is 12.0. The molecule has 2 N–H and O–H groups in total. The summed E-state index contributed by atoms with van der Waals surface area (Å²) in [4.78, 5) is 12.0. The van der Waals surface area contributed by atoms with E-state index in [1.54, 1.807) is 0 Å². The van der Waals surface area contributed by atoms with Crippen molar-refractivity contribution in [3.8, 4) is 0 Å². The van der Waals surface area contributed by atoms with E-state index < -0.39 is 0 Å². The standard InChI is InChI=1S/C15H28N2O2/c1-11-6-8-14(12(2)16-11)17-15(18)9-7-13-5-3-4-10-19-13/h11-14,16H,3-10H2,1-2H3,(H,17,18). The average molecular weight is 268 g/mol. The van der Waals surface area contributed by atoms with Gasteiger partial charge < -0.3 is 15.4 Å². The summed E-state index contributed by atoms with van der Waals surface area (Å²) in [6, 6.07) is 1.23. The summed E-state index contributed by atoms with van der Waals surface area (Å²) < 4.78 is 5.66. The molecule has 0 radical (unpaired) electrons. The van der Waals surface area contributed by atoms with Crippen molar-refractivity contribution in [2.24, 2.45) is 0 Å². The van der Waals surface area contributed by atoms with Crippen LogP contribution < -0.4 is 10.6 Å². The zero-order valence-electron chi connectivity index (χ0n) is 12.3. The lowest BCUT2D eigenvalue weighted by Crippen LogP contribution is -2.54. The van der Waals surface area contributed by atoms with Crippen LogP contribution in [0.3, 0.4) is 0 Å². The molecule has 0 aromatic carbocycles. The van der Waals surface area contributed by atoms with Crippen molar-refractivity contribution in [2.75, 3.05) is 6.61 Å². The van der Waals surface area contributed by atoms with Crippen LogP contribution in [0.4, 0.5) is 0 Å². The van der Waals surface area contributed by atoms with E-state index >= 15 is 0 Å². The van der Waals surface area contributed by atoms with Crippen LogP contribution in [0.1, 0.15) is 58.8 Å². The summed E-state index contributed by atoms with van der Waals surface area (Å²) in [5.74, 6) is 0.183. The van der Waals surface area contributed by atoms with Crippen LogP contribution in [0.2, 0.25) is 0 Å². The van der Waals surface area contributed by atoms with Crippen LogP contribution >= 0.6 is 0 Å². The van der Waals surface area contributed by atoms with E-state index in [2.05, 4.69) is 24.5 Å². The highest BCUT2D eigenvalue weighted by molar-refractivity contribution is 5.76. The summed E-state index contributed by atoms with van der Waals surface area (Å²) in [7, 11) is 0. The van der Waals surface area contributed by atoms with Crippen LogP contribution in [-0.4, -0.2) is 36.7 Å². The number of nitrogens with one attached hydrogen (secondary N) is 2. The highest BCUT2D eigenvalue weighted by Gasteiger charge is 2.26. The molecule has 0 aromatic rings. The Hall–Kier alpha value is -0.610. The smallest absolute Gasteiger partial charge is 0.220 e. The highest BCUT2D eigenvalue weighted by atomic mass is 16.5. The molecule has 4 atom stereocenters. The van der Waals surface area contributed by atoms with Crippen molar-refractivity contribution in [2.45, 2.75) is 83.0 Å². The summed E-state index contributed by atoms with van der Waals surface area (Å²) in [5.41, 5.74) is 0. The second kappa shape index (κ2) is 7.25. The molecule has 0 spiro atoms. The van der Waals surface area contributed by atoms with E-state index in [9.17, 15) is 4.79 Å². The minimum atomic E-state index is 0.183. The van der Waals surface area contributed by atoms with Crippen molar-refractivity contribution in [1.29, 1.82) is 0 Å². The average Bonchev–Trinajstić information content (AvgIpc) is 2.41. The number of rotatable bonds is 4. The molecule has 4 nitrogen and oxygen atoms in total. The first kappa shape index (κ1) is 14.8. The largest absolute Gasteiger partial charge is 0.378 e. The van der Waals surface area contributed by atoms with E-state index in [1.165, 1.54) is 12.8 Å². The Kier molecular flexibility index (Phi) is 5.64. The topological polar surface area (TPSA) is 50.4 Å². The molecule has 2 aliphatic heterocycles. The van der Waals surface area contributed by atoms with Gasteiger partial charge in [0.05, 0.1) is 6.10 Å². The predicted octanol–water partition coefficient (Wildman–Crippen LogP) is 1.98. The van der Waals surface area contributed by atoms with E-state index in [1.807, 2.05) is 0 Å². The predicted molar refractivity (Wildman–Crippen MR) is 76.0 cm³/mol.